The van der Waals surface area contributed by atoms with Gasteiger partial charge in [0.25, 0.3) is 0 Å². The van der Waals surface area contributed by atoms with Crippen LogP contribution in [0.5, 0.6) is 0 Å². The van der Waals surface area contributed by atoms with Gasteiger partial charge in [0.15, 0.2) is 5.17 Å². The first kappa shape index (κ1) is 14.1. The zero-order valence-corrected chi connectivity index (χ0v) is 12.2. The molecule has 0 amide bonds. The SMILES string of the molecule is CCOC(=O)[C@@H]1SC(=Nc2ccc(Cl)cc2)N=C1C. The molecule has 19 heavy (non-hydrogen) atoms. The molecule has 1 heterocycles. The van der Waals surface area contributed by atoms with Gasteiger partial charge >= 0.3 is 5.97 Å². The summed E-state index contributed by atoms with van der Waals surface area (Å²) in [6.45, 7) is 3.96. The molecule has 0 N–H and O–H groups in total. The molecular formula is C13H13ClN2O2S. The van der Waals surface area contributed by atoms with Crippen molar-refractivity contribution in [2.45, 2.75) is 19.1 Å². The van der Waals surface area contributed by atoms with E-state index in [1.165, 1.54) is 11.8 Å². The minimum atomic E-state index is -0.383. The second-order valence-electron chi connectivity index (χ2n) is 3.87. The van der Waals surface area contributed by atoms with E-state index in [0.717, 1.165) is 11.4 Å². The molecule has 0 radical (unpaired) electrons. The third-order valence-corrected chi connectivity index (χ3v) is 3.84. The maximum Gasteiger partial charge on any atom is 0.325 e. The fourth-order valence-corrected chi connectivity index (χ4v) is 2.62. The van der Waals surface area contributed by atoms with Gasteiger partial charge in [-0.1, -0.05) is 23.4 Å². The van der Waals surface area contributed by atoms with Gasteiger partial charge in [0, 0.05) is 10.7 Å². The monoisotopic (exact) mass is 296 g/mol. The number of esters is 1. The number of nitrogens with zero attached hydrogens (tertiary/aromatic N) is 2. The smallest absolute Gasteiger partial charge is 0.325 e. The molecule has 0 saturated carbocycles. The number of carbonyl (C=O) groups excluding carboxylic acids is 1. The van der Waals surface area contributed by atoms with E-state index in [1.54, 1.807) is 38.1 Å². The molecule has 0 fully saturated rings. The maximum absolute atomic E-state index is 11.7. The van der Waals surface area contributed by atoms with Crippen LogP contribution in [0.15, 0.2) is 34.3 Å². The minimum absolute atomic E-state index is 0.268. The van der Waals surface area contributed by atoms with E-state index in [4.69, 9.17) is 16.3 Å². The van der Waals surface area contributed by atoms with Crippen molar-refractivity contribution in [1.82, 2.24) is 0 Å². The lowest BCUT2D eigenvalue weighted by Gasteiger charge is -2.06. The Bertz CT molecular complexity index is 540. The summed E-state index contributed by atoms with van der Waals surface area (Å²) >= 11 is 7.11. The van der Waals surface area contributed by atoms with Gasteiger partial charge < -0.3 is 4.74 Å². The molecule has 1 aromatic carbocycles. The number of benzene rings is 1. The van der Waals surface area contributed by atoms with E-state index in [2.05, 4.69) is 9.98 Å². The number of amidine groups is 1. The summed E-state index contributed by atoms with van der Waals surface area (Å²) in [5.74, 6) is -0.268. The van der Waals surface area contributed by atoms with Gasteiger partial charge in [0.05, 0.1) is 12.3 Å². The lowest BCUT2D eigenvalue weighted by molar-refractivity contribution is -0.141. The summed E-state index contributed by atoms with van der Waals surface area (Å²) in [7, 11) is 0. The number of ether oxygens (including phenoxy) is 1. The number of hydrogen-bond donors (Lipinski definition) is 0. The van der Waals surface area contributed by atoms with E-state index in [0.29, 0.717) is 16.8 Å². The van der Waals surface area contributed by atoms with Crippen LogP contribution in [0.3, 0.4) is 0 Å². The Kier molecular flexibility index (Phi) is 4.61. The van der Waals surface area contributed by atoms with Gasteiger partial charge in [-0.15, -0.1) is 0 Å². The lowest BCUT2D eigenvalue weighted by atomic mass is 10.3. The molecule has 0 spiro atoms. The molecule has 6 heteroatoms. The largest absolute Gasteiger partial charge is 0.465 e. The van der Waals surface area contributed by atoms with Crippen molar-refractivity contribution in [3.63, 3.8) is 0 Å². The van der Waals surface area contributed by atoms with E-state index in [1.807, 2.05) is 0 Å². The Hall–Kier alpha value is -1.33. The first-order valence-electron chi connectivity index (χ1n) is 5.83. The maximum atomic E-state index is 11.7. The van der Waals surface area contributed by atoms with Crippen molar-refractivity contribution in [2.75, 3.05) is 6.61 Å². The molecule has 1 atom stereocenters. The van der Waals surface area contributed by atoms with Crippen molar-refractivity contribution in [2.24, 2.45) is 9.98 Å². The Morgan fingerprint density at radius 2 is 2.16 bits per heavy atom. The molecule has 2 rings (SSSR count). The number of thioether (sulfide) groups is 1. The highest BCUT2D eigenvalue weighted by atomic mass is 35.5. The fourth-order valence-electron chi connectivity index (χ4n) is 1.54. The molecule has 4 nitrogen and oxygen atoms in total. The van der Waals surface area contributed by atoms with Crippen molar-refractivity contribution in [3.05, 3.63) is 29.3 Å². The topological polar surface area (TPSA) is 51.0 Å². The Labute approximate surface area is 120 Å². The average molecular weight is 297 g/mol. The average Bonchev–Trinajstić information content (AvgIpc) is 2.74. The van der Waals surface area contributed by atoms with Crippen LogP contribution in [0, 0.1) is 0 Å². The van der Waals surface area contributed by atoms with Crippen LogP contribution in [0.2, 0.25) is 5.02 Å². The molecule has 1 aliphatic heterocycles. The molecule has 1 aromatic rings. The third-order valence-electron chi connectivity index (χ3n) is 2.43. The Morgan fingerprint density at radius 3 is 2.79 bits per heavy atom. The van der Waals surface area contributed by atoms with Crippen LogP contribution < -0.4 is 0 Å². The summed E-state index contributed by atoms with van der Waals surface area (Å²) < 4.78 is 5.00. The van der Waals surface area contributed by atoms with Crippen LogP contribution in [-0.2, 0) is 9.53 Å². The van der Waals surface area contributed by atoms with Crippen molar-refractivity contribution in [3.8, 4) is 0 Å². The van der Waals surface area contributed by atoms with Gasteiger partial charge in [-0.2, -0.15) is 0 Å². The van der Waals surface area contributed by atoms with Gasteiger partial charge in [-0.25, -0.2) is 9.98 Å². The number of aliphatic imine (C=N–C) groups is 2. The first-order chi connectivity index (χ1) is 9.10. The molecule has 0 unspecified atom stereocenters. The van der Waals surface area contributed by atoms with Crippen LogP contribution in [0.4, 0.5) is 5.69 Å². The molecule has 100 valence electrons. The summed E-state index contributed by atoms with van der Waals surface area (Å²) in [4.78, 5) is 20.4. The molecule has 0 aliphatic carbocycles. The van der Waals surface area contributed by atoms with Crippen LogP contribution in [0.25, 0.3) is 0 Å². The summed E-state index contributed by atoms with van der Waals surface area (Å²) in [6.07, 6.45) is 0. The predicted molar refractivity (Wildman–Crippen MR) is 79.7 cm³/mol. The van der Waals surface area contributed by atoms with Crippen LogP contribution >= 0.6 is 23.4 Å². The van der Waals surface area contributed by atoms with E-state index >= 15 is 0 Å². The quantitative estimate of drug-likeness (QED) is 0.803. The molecule has 0 saturated heterocycles. The molecular weight excluding hydrogens is 284 g/mol. The summed E-state index contributed by atoms with van der Waals surface area (Å²) in [5.41, 5.74) is 1.48. The molecule has 1 aliphatic rings. The van der Waals surface area contributed by atoms with Crippen LogP contribution in [0.1, 0.15) is 13.8 Å². The van der Waals surface area contributed by atoms with Gasteiger partial charge in [-0.05, 0) is 38.1 Å². The van der Waals surface area contributed by atoms with E-state index in [9.17, 15) is 4.79 Å². The fraction of sp³-hybridized carbons (Fsp3) is 0.308. The van der Waals surface area contributed by atoms with Gasteiger partial charge in [0.1, 0.15) is 5.25 Å². The number of rotatable bonds is 3. The molecule has 0 bridgehead atoms. The normalized spacial score (nSPS) is 20.5. The van der Waals surface area contributed by atoms with Crippen molar-refractivity contribution < 1.29 is 9.53 Å². The number of halogens is 1. The minimum Gasteiger partial charge on any atom is -0.465 e. The Balaban J connectivity index is 2.12. The summed E-state index contributed by atoms with van der Waals surface area (Å²) in [6, 6.07) is 7.14. The summed E-state index contributed by atoms with van der Waals surface area (Å²) in [5, 5.41) is 0.844. The molecule has 0 aromatic heterocycles. The second-order valence-corrected chi connectivity index (χ2v) is 5.38. The predicted octanol–water partition coefficient (Wildman–Crippen LogP) is 3.47. The zero-order valence-electron chi connectivity index (χ0n) is 10.6. The highest BCUT2D eigenvalue weighted by Gasteiger charge is 2.31. The van der Waals surface area contributed by atoms with Crippen molar-refractivity contribution >= 4 is 45.9 Å². The highest BCUT2D eigenvalue weighted by molar-refractivity contribution is 8.16. The first-order valence-corrected chi connectivity index (χ1v) is 7.08. The van der Waals surface area contributed by atoms with E-state index in [-0.39, 0.29) is 11.2 Å². The van der Waals surface area contributed by atoms with E-state index < -0.39 is 0 Å². The van der Waals surface area contributed by atoms with Crippen LogP contribution in [-0.4, -0.2) is 28.7 Å². The third kappa shape index (κ3) is 3.58. The Morgan fingerprint density at radius 1 is 1.47 bits per heavy atom. The highest BCUT2D eigenvalue weighted by Crippen LogP contribution is 2.27. The number of carbonyl (C=O) groups is 1. The standard InChI is InChI=1S/C13H13ClN2O2S/c1-3-18-12(17)11-8(2)15-13(19-11)16-10-6-4-9(14)5-7-10/h4-7,11H,3H2,1-2H3/t11-/m1/s1. The lowest BCUT2D eigenvalue weighted by Crippen LogP contribution is -2.24. The van der Waals surface area contributed by atoms with Crippen molar-refractivity contribution in [1.29, 1.82) is 0 Å². The second kappa shape index (κ2) is 6.21. The van der Waals surface area contributed by atoms with Gasteiger partial charge in [-0.3, -0.25) is 4.79 Å². The zero-order chi connectivity index (χ0) is 13.8. The number of hydrogen-bond acceptors (Lipinski definition) is 4. The van der Waals surface area contributed by atoms with Gasteiger partial charge in [0.2, 0.25) is 0 Å².